The number of hydrogen-bond donors (Lipinski definition) is 5. The summed E-state index contributed by atoms with van der Waals surface area (Å²) < 4.78 is 0. The smallest absolute Gasteiger partial charge is 0.326 e. The average molecular weight is 310 g/mol. The van der Waals surface area contributed by atoms with Gasteiger partial charge in [-0.2, -0.15) is 0 Å². The van der Waals surface area contributed by atoms with Crippen molar-refractivity contribution in [1.29, 1.82) is 0 Å². The molecule has 0 aromatic heterocycles. The number of carbonyl (C=O) groups excluding carboxylic acids is 2. The first-order valence-corrected chi connectivity index (χ1v) is 6.51. The summed E-state index contributed by atoms with van der Waals surface area (Å²) in [6.07, 6.45) is -4.03. The van der Waals surface area contributed by atoms with Crippen LogP contribution in [0.5, 0.6) is 0 Å². The monoisotopic (exact) mass is 310 g/mol. The quantitative estimate of drug-likeness (QED) is 0.406. The molecule has 0 aliphatic carbocycles. The predicted octanol–water partition coefficient (Wildman–Crippen LogP) is -1.73. The van der Waals surface area contributed by atoms with Crippen LogP contribution < -0.4 is 10.6 Å². The number of carbonyl (C=O) groups is 3. The number of aliphatic carboxylic acids is 1. The minimum Gasteiger partial charge on any atom is -0.480 e. The zero-order valence-corrected chi connectivity index (χ0v) is 11.9. The van der Waals surface area contributed by atoms with Crippen LogP contribution in [0.4, 0.5) is 0 Å². The maximum atomic E-state index is 11.7. The van der Waals surface area contributed by atoms with E-state index in [4.69, 9.17) is 5.11 Å². The third kappa shape index (κ3) is 4.83. The Morgan fingerprint density at radius 3 is 2.09 bits per heavy atom. The van der Waals surface area contributed by atoms with E-state index in [1.54, 1.807) is 30.3 Å². The summed E-state index contributed by atoms with van der Waals surface area (Å²) in [5, 5.41) is 32.3. The molecule has 0 radical (unpaired) electrons. The average Bonchev–Trinajstić information content (AvgIpc) is 2.52. The first-order valence-electron chi connectivity index (χ1n) is 6.51. The number of aliphatic hydroxyl groups is 2. The SMILES string of the molecule is CNC(=O)C(O)C(O)C(=O)NC(Cc1ccccc1)C(=O)O. The van der Waals surface area contributed by atoms with Crippen LogP contribution in [0.1, 0.15) is 5.56 Å². The minimum atomic E-state index is -2.06. The van der Waals surface area contributed by atoms with E-state index in [0.29, 0.717) is 5.56 Å². The van der Waals surface area contributed by atoms with Crippen molar-refractivity contribution in [2.24, 2.45) is 0 Å². The molecule has 0 fully saturated rings. The Labute approximate surface area is 126 Å². The highest BCUT2D eigenvalue weighted by Crippen LogP contribution is 2.04. The summed E-state index contributed by atoms with van der Waals surface area (Å²) in [4.78, 5) is 34.1. The Kier molecular flexibility index (Phi) is 6.48. The molecule has 5 N–H and O–H groups in total. The van der Waals surface area contributed by atoms with Gasteiger partial charge in [-0.25, -0.2) is 4.79 Å². The molecule has 3 atom stereocenters. The molecule has 2 amide bonds. The number of carboxylic acids is 1. The van der Waals surface area contributed by atoms with E-state index >= 15 is 0 Å². The van der Waals surface area contributed by atoms with Crippen LogP contribution in [-0.2, 0) is 20.8 Å². The Morgan fingerprint density at radius 1 is 1.05 bits per heavy atom. The first kappa shape index (κ1) is 17.6. The fourth-order valence-electron chi connectivity index (χ4n) is 1.74. The Hall–Kier alpha value is -2.45. The second-order valence-electron chi connectivity index (χ2n) is 4.59. The van der Waals surface area contributed by atoms with Crippen molar-refractivity contribution < 1.29 is 29.7 Å². The lowest BCUT2D eigenvalue weighted by Gasteiger charge is -2.19. The predicted molar refractivity (Wildman–Crippen MR) is 75.8 cm³/mol. The largest absolute Gasteiger partial charge is 0.480 e. The summed E-state index contributed by atoms with van der Waals surface area (Å²) in [7, 11) is 1.23. The van der Waals surface area contributed by atoms with Gasteiger partial charge in [0.05, 0.1) is 0 Å². The molecule has 1 aromatic carbocycles. The van der Waals surface area contributed by atoms with Gasteiger partial charge < -0.3 is 26.0 Å². The molecule has 1 aromatic rings. The molecule has 8 heteroatoms. The van der Waals surface area contributed by atoms with Crippen molar-refractivity contribution in [2.75, 3.05) is 7.05 Å². The van der Waals surface area contributed by atoms with E-state index in [-0.39, 0.29) is 6.42 Å². The molecule has 0 spiro atoms. The second kappa shape index (κ2) is 8.11. The topological polar surface area (TPSA) is 136 Å². The Morgan fingerprint density at radius 2 is 1.59 bits per heavy atom. The molecule has 0 bridgehead atoms. The number of amides is 2. The van der Waals surface area contributed by atoms with Gasteiger partial charge >= 0.3 is 5.97 Å². The molecule has 3 unspecified atom stereocenters. The lowest BCUT2D eigenvalue weighted by atomic mass is 10.1. The van der Waals surface area contributed by atoms with Gasteiger partial charge in [0.15, 0.2) is 12.2 Å². The number of carboxylic acid groups (broad SMARTS) is 1. The van der Waals surface area contributed by atoms with Crippen LogP contribution in [0.15, 0.2) is 30.3 Å². The zero-order valence-electron chi connectivity index (χ0n) is 11.9. The summed E-state index contributed by atoms with van der Waals surface area (Å²) in [6, 6.07) is 7.30. The summed E-state index contributed by atoms with van der Waals surface area (Å²) in [5.41, 5.74) is 0.677. The number of benzene rings is 1. The van der Waals surface area contributed by atoms with Crippen LogP contribution in [0.2, 0.25) is 0 Å². The van der Waals surface area contributed by atoms with Crippen molar-refractivity contribution >= 4 is 17.8 Å². The number of likely N-dealkylation sites (N-methyl/N-ethyl adjacent to an activating group) is 1. The molecule has 120 valence electrons. The number of hydrogen-bond acceptors (Lipinski definition) is 5. The summed E-state index contributed by atoms with van der Waals surface area (Å²) >= 11 is 0. The molecule has 8 nitrogen and oxygen atoms in total. The van der Waals surface area contributed by atoms with Crippen molar-refractivity contribution in [3.63, 3.8) is 0 Å². The third-order valence-electron chi connectivity index (χ3n) is 2.98. The number of rotatable bonds is 7. The normalized spacial score (nSPS) is 14.5. The fourth-order valence-corrected chi connectivity index (χ4v) is 1.74. The van der Waals surface area contributed by atoms with Gasteiger partial charge in [-0.3, -0.25) is 9.59 Å². The highest BCUT2D eigenvalue weighted by molar-refractivity contribution is 5.92. The van der Waals surface area contributed by atoms with Crippen molar-refractivity contribution in [2.45, 2.75) is 24.7 Å². The molecule has 1 rings (SSSR count). The second-order valence-corrected chi connectivity index (χ2v) is 4.59. The van der Waals surface area contributed by atoms with Gasteiger partial charge in [-0.15, -0.1) is 0 Å². The molecule has 0 saturated heterocycles. The van der Waals surface area contributed by atoms with Crippen LogP contribution in [0, 0.1) is 0 Å². The van der Waals surface area contributed by atoms with Crippen molar-refractivity contribution in [3.8, 4) is 0 Å². The van der Waals surface area contributed by atoms with Gasteiger partial charge in [0.1, 0.15) is 6.04 Å². The molecule has 0 aliphatic rings. The van der Waals surface area contributed by atoms with E-state index < -0.39 is 36.0 Å². The van der Waals surface area contributed by atoms with Crippen LogP contribution in [-0.4, -0.2) is 58.4 Å². The Balaban J connectivity index is 2.72. The van der Waals surface area contributed by atoms with Crippen molar-refractivity contribution in [3.05, 3.63) is 35.9 Å². The first-order chi connectivity index (χ1) is 10.4. The van der Waals surface area contributed by atoms with Gasteiger partial charge in [-0.05, 0) is 5.56 Å². The molecule has 0 heterocycles. The minimum absolute atomic E-state index is 0.00467. The van der Waals surface area contributed by atoms with Crippen LogP contribution in [0.3, 0.4) is 0 Å². The Bertz CT molecular complexity index is 533. The number of nitrogens with one attached hydrogen (secondary N) is 2. The van der Waals surface area contributed by atoms with Crippen LogP contribution in [0.25, 0.3) is 0 Å². The third-order valence-corrected chi connectivity index (χ3v) is 2.98. The van der Waals surface area contributed by atoms with Crippen LogP contribution >= 0.6 is 0 Å². The van der Waals surface area contributed by atoms with Crippen molar-refractivity contribution in [1.82, 2.24) is 10.6 Å². The van der Waals surface area contributed by atoms with Gasteiger partial charge in [0.25, 0.3) is 11.8 Å². The lowest BCUT2D eigenvalue weighted by Crippen LogP contribution is -2.53. The standard InChI is InChI=1S/C14H18N2O6/c1-15-12(19)10(17)11(18)13(20)16-9(14(21)22)7-8-5-3-2-4-6-8/h2-6,9-11,17-18H,7H2,1H3,(H,15,19)(H,16,20)(H,21,22). The number of aliphatic hydroxyl groups excluding tert-OH is 2. The zero-order chi connectivity index (χ0) is 16.7. The van der Waals surface area contributed by atoms with Gasteiger partial charge in [0.2, 0.25) is 0 Å². The lowest BCUT2D eigenvalue weighted by molar-refractivity contribution is -0.149. The van der Waals surface area contributed by atoms with E-state index in [9.17, 15) is 24.6 Å². The fraction of sp³-hybridized carbons (Fsp3) is 0.357. The molecule has 0 aliphatic heterocycles. The molecule has 0 saturated carbocycles. The van der Waals surface area contributed by atoms with E-state index in [2.05, 4.69) is 10.6 Å². The van der Waals surface area contributed by atoms with Gasteiger partial charge in [0, 0.05) is 13.5 Å². The van der Waals surface area contributed by atoms with E-state index in [1.807, 2.05) is 0 Å². The molecular formula is C14H18N2O6. The highest BCUT2D eigenvalue weighted by Gasteiger charge is 2.32. The summed E-state index contributed by atoms with van der Waals surface area (Å²) in [5.74, 6) is -3.38. The van der Waals surface area contributed by atoms with E-state index in [0.717, 1.165) is 0 Å². The molecular weight excluding hydrogens is 292 g/mol. The maximum absolute atomic E-state index is 11.7. The molecule has 22 heavy (non-hydrogen) atoms. The highest BCUT2D eigenvalue weighted by atomic mass is 16.4. The van der Waals surface area contributed by atoms with Gasteiger partial charge in [-0.1, -0.05) is 30.3 Å². The summed E-state index contributed by atoms with van der Waals surface area (Å²) in [6.45, 7) is 0. The maximum Gasteiger partial charge on any atom is 0.326 e. The van der Waals surface area contributed by atoms with E-state index in [1.165, 1.54) is 7.05 Å².